The average molecular weight is 587 g/mol. The number of aliphatic hydroxyl groups is 1. The van der Waals surface area contributed by atoms with Crippen LogP contribution in [0.4, 0.5) is 0 Å². The van der Waals surface area contributed by atoms with E-state index in [0.717, 1.165) is 5.56 Å². The monoisotopic (exact) mass is 586 g/mol. The minimum absolute atomic E-state index is 0.0585. The number of hydrogen-bond donors (Lipinski definition) is 2. The van der Waals surface area contributed by atoms with Crippen LogP contribution in [0.2, 0.25) is 0 Å². The molecule has 2 N–H and O–H groups in total. The normalized spacial score (nSPS) is 34.0. The summed E-state index contributed by atoms with van der Waals surface area (Å²) in [6.07, 6.45) is -9.50. The number of hydrogen-bond acceptors (Lipinski definition) is 11. The first-order chi connectivity index (χ1) is 20.1. The predicted octanol–water partition coefficient (Wildman–Crippen LogP) is 1.75. The summed E-state index contributed by atoms with van der Waals surface area (Å²) in [4.78, 5) is 36.7. The van der Waals surface area contributed by atoms with Crippen LogP contribution in [0.25, 0.3) is 0 Å². The lowest BCUT2D eigenvalue weighted by Crippen LogP contribution is -2.66. The third-order valence-corrected chi connectivity index (χ3v) is 7.41. The molecule has 0 aromatic heterocycles. The van der Waals surface area contributed by atoms with Crippen molar-refractivity contribution in [3.8, 4) is 0 Å². The van der Waals surface area contributed by atoms with Gasteiger partial charge in [0.25, 0.3) is 0 Å². The van der Waals surface area contributed by atoms with Gasteiger partial charge in [-0.3, -0.25) is 9.59 Å². The van der Waals surface area contributed by atoms with Crippen LogP contribution in [0.5, 0.6) is 0 Å². The first-order valence-electron chi connectivity index (χ1n) is 13.7. The Kier molecular flexibility index (Phi) is 9.21. The summed E-state index contributed by atoms with van der Waals surface area (Å²) in [5.74, 6) is -4.65. The second-order valence-electron chi connectivity index (χ2n) is 10.5. The number of ether oxygens (including phenoxy) is 7. The standard InChI is InChI=1S/C30H34O12/c1-17(31)38-23-13-21(33)24(28(34)35)41-30(23,14-19-9-5-3-6-10-19)42-25-22-16-37-29(40-22)27(26(25)39-18(2)32)36-15-20-11-7-4-8-12-20/h3-12,21-27,29,33H,13-16H2,1-2H3,(H,34,35)/t21-,22+,23+,24-,25+,26-,27+,29+,30-/m0/s1. The number of benzene rings is 2. The van der Waals surface area contributed by atoms with Gasteiger partial charge in [0, 0.05) is 26.7 Å². The maximum Gasteiger partial charge on any atom is 0.335 e. The molecule has 0 unspecified atom stereocenters. The third kappa shape index (κ3) is 6.64. The van der Waals surface area contributed by atoms with Crippen LogP contribution in [-0.4, -0.2) is 89.5 Å². The van der Waals surface area contributed by atoms with Gasteiger partial charge in [0.2, 0.25) is 5.79 Å². The predicted molar refractivity (Wildman–Crippen MR) is 142 cm³/mol. The molecule has 226 valence electrons. The molecule has 9 atom stereocenters. The van der Waals surface area contributed by atoms with Crippen molar-refractivity contribution in [2.75, 3.05) is 6.61 Å². The molecule has 2 aromatic carbocycles. The first kappa shape index (κ1) is 30.1. The molecule has 2 aromatic rings. The van der Waals surface area contributed by atoms with Crippen LogP contribution in [0.3, 0.4) is 0 Å². The fourth-order valence-electron chi connectivity index (χ4n) is 5.60. The van der Waals surface area contributed by atoms with Gasteiger partial charge in [-0.05, 0) is 11.1 Å². The highest BCUT2D eigenvalue weighted by atomic mass is 16.8. The summed E-state index contributed by atoms with van der Waals surface area (Å²) >= 11 is 0. The summed E-state index contributed by atoms with van der Waals surface area (Å²) in [6.45, 7) is 2.65. The molecule has 3 aliphatic heterocycles. The quantitative estimate of drug-likeness (QED) is 0.390. The molecule has 0 radical (unpaired) electrons. The van der Waals surface area contributed by atoms with E-state index >= 15 is 0 Å². The Bertz CT molecular complexity index is 1240. The Balaban J connectivity index is 1.53. The first-order valence-corrected chi connectivity index (χ1v) is 13.7. The van der Waals surface area contributed by atoms with Crippen molar-refractivity contribution >= 4 is 17.9 Å². The van der Waals surface area contributed by atoms with E-state index in [1.165, 1.54) is 13.8 Å². The fourth-order valence-corrected chi connectivity index (χ4v) is 5.60. The highest BCUT2D eigenvalue weighted by Crippen LogP contribution is 2.42. The fraction of sp³-hybridized carbons (Fsp3) is 0.500. The molecule has 12 nitrogen and oxygen atoms in total. The van der Waals surface area contributed by atoms with E-state index in [0.29, 0.717) is 5.56 Å². The Morgan fingerprint density at radius 3 is 2.17 bits per heavy atom. The zero-order valence-electron chi connectivity index (χ0n) is 23.2. The lowest BCUT2D eigenvalue weighted by molar-refractivity contribution is -0.373. The van der Waals surface area contributed by atoms with E-state index in [4.69, 9.17) is 33.2 Å². The number of carbonyl (C=O) groups is 3. The number of aliphatic hydroxyl groups excluding tert-OH is 1. The van der Waals surface area contributed by atoms with E-state index in [2.05, 4.69) is 0 Å². The Morgan fingerprint density at radius 2 is 1.55 bits per heavy atom. The Hall–Kier alpha value is -3.39. The van der Waals surface area contributed by atoms with Crippen LogP contribution in [0.15, 0.2) is 60.7 Å². The number of carboxylic acid groups (broad SMARTS) is 1. The molecule has 0 amide bonds. The van der Waals surface area contributed by atoms with Gasteiger partial charge in [-0.25, -0.2) is 4.79 Å². The van der Waals surface area contributed by atoms with Gasteiger partial charge in [0.05, 0.1) is 19.3 Å². The maximum absolute atomic E-state index is 12.3. The van der Waals surface area contributed by atoms with Gasteiger partial charge in [-0.1, -0.05) is 60.7 Å². The number of esters is 2. The number of aliphatic carboxylic acids is 1. The highest BCUT2D eigenvalue weighted by molar-refractivity contribution is 5.73. The van der Waals surface area contributed by atoms with Gasteiger partial charge in [-0.15, -0.1) is 0 Å². The Labute approximate surface area is 242 Å². The molecule has 0 aliphatic carbocycles. The van der Waals surface area contributed by atoms with Gasteiger partial charge in [0.1, 0.15) is 18.3 Å². The van der Waals surface area contributed by atoms with Crippen LogP contribution < -0.4 is 0 Å². The molecular formula is C30H34O12. The Morgan fingerprint density at radius 1 is 0.905 bits per heavy atom. The second kappa shape index (κ2) is 12.9. The van der Waals surface area contributed by atoms with E-state index in [9.17, 15) is 24.6 Å². The van der Waals surface area contributed by atoms with Gasteiger partial charge >= 0.3 is 17.9 Å². The average Bonchev–Trinajstić information content (AvgIpc) is 3.39. The number of carboxylic acids is 1. The second-order valence-corrected chi connectivity index (χ2v) is 10.5. The zero-order chi connectivity index (χ0) is 29.9. The lowest BCUT2D eigenvalue weighted by Gasteiger charge is -2.50. The van der Waals surface area contributed by atoms with Crippen LogP contribution in [0, 0.1) is 0 Å². The van der Waals surface area contributed by atoms with Gasteiger partial charge < -0.3 is 43.4 Å². The number of carbonyl (C=O) groups excluding carboxylic acids is 2. The highest BCUT2D eigenvalue weighted by Gasteiger charge is 2.60. The third-order valence-electron chi connectivity index (χ3n) is 7.41. The minimum Gasteiger partial charge on any atom is -0.479 e. The summed E-state index contributed by atoms with van der Waals surface area (Å²) < 4.78 is 42.2. The van der Waals surface area contributed by atoms with Crippen LogP contribution >= 0.6 is 0 Å². The largest absolute Gasteiger partial charge is 0.479 e. The van der Waals surface area contributed by atoms with Gasteiger partial charge in [-0.2, -0.15) is 0 Å². The molecule has 0 spiro atoms. The van der Waals surface area contributed by atoms with E-state index in [-0.39, 0.29) is 26.1 Å². The SMILES string of the molecule is CC(=O)O[C@@H]1[C@@H](OCc2ccccc2)[C@@H]2OC[C@@H](O2)[C@H]1O[C@]1(Cc2ccccc2)O[C@H](C(=O)O)[C@@H](O)C[C@H]1OC(C)=O. The van der Waals surface area contributed by atoms with Crippen molar-refractivity contribution in [3.05, 3.63) is 71.8 Å². The van der Waals surface area contributed by atoms with Gasteiger partial charge in [0.15, 0.2) is 24.6 Å². The van der Waals surface area contributed by atoms with Crippen molar-refractivity contribution in [1.82, 2.24) is 0 Å². The topological polar surface area (TPSA) is 156 Å². The summed E-state index contributed by atoms with van der Waals surface area (Å²) in [7, 11) is 0. The number of rotatable bonds is 10. The van der Waals surface area contributed by atoms with Crippen molar-refractivity contribution in [2.45, 2.75) is 88.1 Å². The molecule has 3 heterocycles. The van der Waals surface area contributed by atoms with Crippen LogP contribution in [0.1, 0.15) is 31.4 Å². The molecule has 3 saturated heterocycles. The summed E-state index contributed by atoms with van der Waals surface area (Å²) in [5, 5.41) is 20.5. The van der Waals surface area contributed by atoms with Crippen molar-refractivity contribution in [3.63, 3.8) is 0 Å². The van der Waals surface area contributed by atoms with Crippen molar-refractivity contribution in [2.24, 2.45) is 0 Å². The van der Waals surface area contributed by atoms with E-state index in [1.54, 1.807) is 24.3 Å². The molecule has 0 saturated carbocycles. The molecular weight excluding hydrogens is 552 g/mol. The van der Waals surface area contributed by atoms with E-state index < -0.39 is 72.7 Å². The zero-order valence-corrected chi connectivity index (χ0v) is 23.2. The molecule has 2 bridgehead atoms. The molecule has 3 aliphatic rings. The number of fused-ring (bicyclic) bond motifs is 2. The van der Waals surface area contributed by atoms with Crippen LogP contribution in [-0.2, 0) is 60.6 Å². The van der Waals surface area contributed by atoms with E-state index in [1.807, 2.05) is 36.4 Å². The molecule has 5 rings (SSSR count). The molecule has 12 heteroatoms. The van der Waals surface area contributed by atoms with Crippen molar-refractivity contribution in [1.29, 1.82) is 0 Å². The lowest BCUT2D eigenvalue weighted by atomic mass is 9.89. The maximum atomic E-state index is 12.3. The van der Waals surface area contributed by atoms with Crippen molar-refractivity contribution < 1.29 is 57.8 Å². The summed E-state index contributed by atoms with van der Waals surface area (Å²) in [5.41, 5.74) is 1.54. The summed E-state index contributed by atoms with van der Waals surface area (Å²) in [6, 6.07) is 18.3. The molecule has 3 fully saturated rings. The molecule has 42 heavy (non-hydrogen) atoms. The smallest absolute Gasteiger partial charge is 0.335 e. The minimum atomic E-state index is -1.93.